The van der Waals surface area contributed by atoms with E-state index in [-0.39, 0.29) is 0 Å². The Morgan fingerprint density at radius 3 is 3.00 bits per heavy atom. The van der Waals surface area contributed by atoms with E-state index in [2.05, 4.69) is 33.0 Å². The smallest absolute Gasteiger partial charge is 0.0575 e. The summed E-state index contributed by atoms with van der Waals surface area (Å²) in [6.07, 6.45) is 0. The number of nitrogens with one attached hydrogen (secondary N) is 1. The molecule has 88 valence electrons. The Morgan fingerprint density at radius 2 is 2.31 bits per heavy atom. The fourth-order valence-corrected chi connectivity index (χ4v) is 4.56. The average molecular weight is 319 g/mol. The molecule has 1 aromatic rings. The minimum atomic E-state index is 0.710. The van der Waals surface area contributed by atoms with Crippen molar-refractivity contribution in [3.63, 3.8) is 0 Å². The Morgan fingerprint density at radius 1 is 1.44 bits per heavy atom. The molecule has 0 aromatic heterocycles. The molecular weight excluding hydrogens is 304 g/mol. The molecule has 2 nitrogen and oxygen atoms in total. The number of rotatable bonds is 3. The molecule has 2 rings (SSSR count). The van der Waals surface area contributed by atoms with Gasteiger partial charge in [-0.15, -0.1) is 0 Å². The molecule has 0 amide bonds. The molecule has 16 heavy (non-hydrogen) atoms. The molecule has 1 atom stereocenters. The van der Waals surface area contributed by atoms with Crippen LogP contribution >= 0.6 is 39.5 Å². The third kappa shape index (κ3) is 3.50. The first-order chi connectivity index (χ1) is 7.75. The Kier molecular flexibility index (Phi) is 4.73. The van der Waals surface area contributed by atoms with Gasteiger partial charge in [0.25, 0.3) is 0 Å². The van der Waals surface area contributed by atoms with Crippen molar-refractivity contribution in [2.75, 3.05) is 34.9 Å². The van der Waals surface area contributed by atoms with Gasteiger partial charge in [-0.1, -0.05) is 15.9 Å². The van der Waals surface area contributed by atoms with Crippen molar-refractivity contribution >= 4 is 50.8 Å². The second-order valence-corrected chi connectivity index (χ2v) is 7.15. The summed E-state index contributed by atoms with van der Waals surface area (Å²) in [5.74, 6) is 3.81. The summed E-state index contributed by atoms with van der Waals surface area (Å²) in [7, 11) is 0. The van der Waals surface area contributed by atoms with E-state index in [9.17, 15) is 0 Å². The summed E-state index contributed by atoms with van der Waals surface area (Å²) in [5, 5.41) is 4.14. The summed E-state index contributed by atoms with van der Waals surface area (Å²) in [6.45, 7) is 1.00. The molecule has 0 radical (unpaired) electrons. The van der Waals surface area contributed by atoms with Gasteiger partial charge in [0, 0.05) is 33.5 Å². The molecule has 1 unspecified atom stereocenters. The van der Waals surface area contributed by atoms with Crippen LogP contribution in [0.25, 0.3) is 0 Å². The van der Waals surface area contributed by atoms with Gasteiger partial charge in [0.1, 0.15) is 0 Å². The lowest BCUT2D eigenvalue weighted by Gasteiger charge is -2.22. The molecular formula is C11H15BrN2S2. The second kappa shape index (κ2) is 6.07. The van der Waals surface area contributed by atoms with Crippen molar-refractivity contribution in [1.29, 1.82) is 0 Å². The first-order valence-corrected chi connectivity index (χ1v) is 8.23. The van der Waals surface area contributed by atoms with Gasteiger partial charge in [0.05, 0.1) is 11.4 Å². The molecule has 0 spiro atoms. The molecule has 1 aromatic carbocycles. The maximum Gasteiger partial charge on any atom is 0.0575 e. The number of anilines is 2. The van der Waals surface area contributed by atoms with Crippen LogP contribution in [0.2, 0.25) is 0 Å². The van der Waals surface area contributed by atoms with Crippen molar-refractivity contribution < 1.29 is 0 Å². The largest absolute Gasteiger partial charge is 0.397 e. The molecule has 1 saturated heterocycles. The van der Waals surface area contributed by atoms with Gasteiger partial charge in [0.2, 0.25) is 0 Å². The molecule has 1 aliphatic rings. The number of hydrogen-bond acceptors (Lipinski definition) is 4. The van der Waals surface area contributed by atoms with E-state index in [1.165, 1.54) is 17.3 Å². The lowest BCUT2D eigenvalue weighted by Crippen LogP contribution is -2.23. The minimum absolute atomic E-state index is 0.710. The van der Waals surface area contributed by atoms with Gasteiger partial charge < -0.3 is 11.1 Å². The van der Waals surface area contributed by atoms with E-state index in [1.54, 1.807) is 0 Å². The SMILES string of the molecule is Nc1cc(Br)ccc1NCC1CSCCS1. The van der Waals surface area contributed by atoms with Crippen molar-refractivity contribution in [1.82, 2.24) is 0 Å². The zero-order valence-electron chi connectivity index (χ0n) is 8.91. The number of halogens is 1. The molecule has 1 fully saturated rings. The van der Waals surface area contributed by atoms with Crippen molar-refractivity contribution in [3.8, 4) is 0 Å². The van der Waals surface area contributed by atoms with Crippen LogP contribution in [-0.4, -0.2) is 29.1 Å². The highest BCUT2D eigenvalue weighted by Crippen LogP contribution is 2.26. The van der Waals surface area contributed by atoms with Crippen molar-refractivity contribution in [2.45, 2.75) is 5.25 Å². The third-order valence-electron chi connectivity index (χ3n) is 2.42. The second-order valence-electron chi connectivity index (χ2n) is 3.68. The molecule has 0 aliphatic carbocycles. The van der Waals surface area contributed by atoms with Crippen LogP contribution in [0.15, 0.2) is 22.7 Å². The van der Waals surface area contributed by atoms with Crippen LogP contribution in [-0.2, 0) is 0 Å². The van der Waals surface area contributed by atoms with Gasteiger partial charge in [-0.3, -0.25) is 0 Å². The minimum Gasteiger partial charge on any atom is -0.397 e. The fraction of sp³-hybridized carbons (Fsp3) is 0.455. The van der Waals surface area contributed by atoms with E-state index < -0.39 is 0 Å². The van der Waals surface area contributed by atoms with Gasteiger partial charge in [-0.05, 0) is 18.2 Å². The predicted octanol–water partition coefficient (Wildman–Crippen LogP) is 3.29. The quantitative estimate of drug-likeness (QED) is 0.839. The van der Waals surface area contributed by atoms with Crippen LogP contribution in [0.1, 0.15) is 0 Å². The zero-order valence-corrected chi connectivity index (χ0v) is 12.1. The highest BCUT2D eigenvalue weighted by molar-refractivity contribution is 9.10. The molecule has 5 heteroatoms. The number of hydrogen-bond donors (Lipinski definition) is 2. The maximum atomic E-state index is 5.93. The van der Waals surface area contributed by atoms with E-state index in [1.807, 2.05) is 30.0 Å². The topological polar surface area (TPSA) is 38.0 Å². The van der Waals surface area contributed by atoms with E-state index >= 15 is 0 Å². The van der Waals surface area contributed by atoms with Crippen LogP contribution in [0.4, 0.5) is 11.4 Å². The fourth-order valence-electron chi connectivity index (χ4n) is 1.57. The van der Waals surface area contributed by atoms with Crippen LogP contribution in [0.3, 0.4) is 0 Å². The standard InChI is InChI=1S/C11H15BrN2S2/c12-8-1-2-11(10(13)5-8)14-6-9-7-15-3-4-16-9/h1-2,5,9,14H,3-4,6-7,13H2. The molecule has 0 saturated carbocycles. The zero-order chi connectivity index (χ0) is 11.4. The van der Waals surface area contributed by atoms with Crippen LogP contribution in [0, 0.1) is 0 Å². The summed E-state index contributed by atoms with van der Waals surface area (Å²) in [6, 6.07) is 5.98. The maximum absolute atomic E-state index is 5.93. The van der Waals surface area contributed by atoms with E-state index in [4.69, 9.17) is 5.73 Å². The number of benzene rings is 1. The molecule has 3 N–H and O–H groups in total. The Bertz CT molecular complexity index is 354. The molecule has 0 bridgehead atoms. The van der Waals surface area contributed by atoms with Gasteiger partial charge in [0.15, 0.2) is 0 Å². The van der Waals surface area contributed by atoms with Crippen LogP contribution in [0.5, 0.6) is 0 Å². The molecule has 1 heterocycles. The third-order valence-corrected chi connectivity index (χ3v) is 5.76. The van der Waals surface area contributed by atoms with Crippen LogP contribution < -0.4 is 11.1 Å². The summed E-state index contributed by atoms with van der Waals surface area (Å²) >= 11 is 7.51. The van der Waals surface area contributed by atoms with Gasteiger partial charge in [-0.2, -0.15) is 23.5 Å². The highest BCUT2D eigenvalue weighted by Gasteiger charge is 2.14. The number of nitrogen functional groups attached to an aromatic ring is 1. The van der Waals surface area contributed by atoms with Gasteiger partial charge in [-0.25, -0.2) is 0 Å². The number of nitrogens with two attached hydrogens (primary N) is 1. The van der Waals surface area contributed by atoms with E-state index in [0.717, 1.165) is 22.4 Å². The summed E-state index contributed by atoms with van der Waals surface area (Å²) in [4.78, 5) is 0. The normalized spacial score (nSPS) is 20.7. The van der Waals surface area contributed by atoms with Crippen molar-refractivity contribution in [2.24, 2.45) is 0 Å². The molecule has 1 aliphatic heterocycles. The predicted molar refractivity (Wildman–Crippen MR) is 80.6 cm³/mol. The first kappa shape index (κ1) is 12.5. The Hall–Kier alpha value is -0.000000000000000222. The number of thioether (sulfide) groups is 2. The van der Waals surface area contributed by atoms with E-state index in [0.29, 0.717) is 5.25 Å². The van der Waals surface area contributed by atoms with Crippen molar-refractivity contribution in [3.05, 3.63) is 22.7 Å². The Labute approximate surface area is 113 Å². The summed E-state index contributed by atoms with van der Waals surface area (Å²) < 4.78 is 1.03. The summed E-state index contributed by atoms with van der Waals surface area (Å²) in [5.41, 5.74) is 7.78. The lowest BCUT2D eigenvalue weighted by atomic mass is 10.2. The highest BCUT2D eigenvalue weighted by atomic mass is 79.9. The average Bonchev–Trinajstić information content (AvgIpc) is 2.29. The first-order valence-electron chi connectivity index (χ1n) is 5.24. The van der Waals surface area contributed by atoms with Gasteiger partial charge >= 0.3 is 0 Å². The monoisotopic (exact) mass is 318 g/mol. The lowest BCUT2D eigenvalue weighted by molar-refractivity contribution is 1.01. The Balaban J connectivity index is 1.88.